The van der Waals surface area contributed by atoms with Crippen LogP contribution in [0.3, 0.4) is 0 Å². The predicted molar refractivity (Wildman–Crippen MR) is 61.9 cm³/mol. The summed E-state index contributed by atoms with van der Waals surface area (Å²) in [6, 6.07) is 6.93. The van der Waals surface area contributed by atoms with Gasteiger partial charge in [-0.05, 0) is 17.7 Å². The number of rotatable bonds is 3. The molecule has 0 saturated heterocycles. The lowest BCUT2D eigenvalue weighted by Gasteiger charge is -2.05. The molecule has 2 aromatic rings. The smallest absolute Gasteiger partial charge is 0.307 e. The minimum absolute atomic E-state index is 0.450. The van der Waals surface area contributed by atoms with Crippen molar-refractivity contribution in [3.8, 4) is 0 Å². The van der Waals surface area contributed by atoms with Gasteiger partial charge >= 0.3 is 6.03 Å². The van der Waals surface area contributed by atoms with Gasteiger partial charge in [0.15, 0.2) is 0 Å². The van der Waals surface area contributed by atoms with Crippen molar-refractivity contribution in [2.24, 2.45) is 5.84 Å². The highest BCUT2D eigenvalue weighted by atomic mass is 16.2. The third kappa shape index (κ3) is 3.02. The van der Waals surface area contributed by atoms with E-state index in [2.05, 4.69) is 15.6 Å². The van der Waals surface area contributed by atoms with Gasteiger partial charge in [-0.2, -0.15) is 0 Å². The molecule has 0 fully saturated rings. The molecule has 0 bridgehead atoms. The average molecular weight is 232 g/mol. The molecular weight excluding hydrogens is 220 g/mol. The van der Waals surface area contributed by atoms with E-state index in [1.165, 1.54) is 0 Å². The van der Waals surface area contributed by atoms with Gasteiger partial charge in [0.05, 0.1) is 12.7 Å². The van der Waals surface area contributed by atoms with Crippen molar-refractivity contribution >= 4 is 11.7 Å². The second-order valence-electron chi connectivity index (χ2n) is 3.40. The molecule has 88 valence electrons. The number of nitrogens with one attached hydrogen (secondary N) is 2. The highest BCUT2D eigenvalue weighted by Gasteiger charge is 1.99. The number of hydrazine groups is 1. The minimum Gasteiger partial charge on any atom is -0.307 e. The van der Waals surface area contributed by atoms with Gasteiger partial charge in [-0.1, -0.05) is 17.3 Å². The number of urea groups is 1. The molecule has 0 aliphatic rings. The topological polar surface area (TPSA) is 97.9 Å². The normalized spacial score (nSPS) is 9.94. The standard InChI is InChI=1S/C10H12N6O/c11-14-10(17)13-9-3-1-8(2-4-9)7-16-6-5-12-15-16/h1-6H,7,11H2,(H2,13,14,17). The number of carbonyl (C=O) groups excluding carboxylic acids is 1. The van der Waals surface area contributed by atoms with Gasteiger partial charge in [0.2, 0.25) is 0 Å². The van der Waals surface area contributed by atoms with Crippen molar-refractivity contribution in [2.45, 2.75) is 6.54 Å². The van der Waals surface area contributed by atoms with E-state index in [1.807, 2.05) is 17.6 Å². The fourth-order valence-electron chi connectivity index (χ4n) is 1.36. The first-order chi connectivity index (χ1) is 8.28. The van der Waals surface area contributed by atoms with Crippen LogP contribution in [-0.2, 0) is 6.54 Å². The van der Waals surface area contributed by atoms with E-state index >= 15 is 0 Å². The van der Waals surface area contributed by atoms with Crippen LogP contribution in [0.25, 0.3) is 0 Å². The quantitative estimate of drug-likeness (QED) is 0.403. The number of nitrogens with zero attached hydrogens (tertiary/aromatic N) is 3. The molecule has 0 unspecified atom stereocenters. The monoisotopic (exact) mass is 232 g/mol. The summed E-state index contributed by atoms with van der Waals surface area (Å²) in [5.74, 6) is 4.96. The number of aromatic nitrogens is 3. The number of anilines is 1. The molecule has 0 aliphatic heterocycles. The van der Waals surface area contributed by atoms with Gasteiger partial charge in [0.1, 0.15) is 0 Å². The van der Waals surface area contributed by atoms with Crippen molar-refractivity contribution in [2.75, 3.05) is 5.32 Å². The summed E-state index contributed by atoms with van der Waals surface area (Å²) in [6.45, 7) is 0.642. The summed E-state index contributed by atoms with van der Waals surface area (Å²) >= 11 is 0. The van der Waals surface area contributed by atoms with E-state index in [1.54, 1.807) is 29.2 Å². The van der Waals surface area contributed by atoms with Crippen LogP contribution in [-0.4, -0.2) is 21.0 Å². The van der Waals surface area contributed by atoms with E-state index in [0.717, 1.165) is 5.56 Å². The Morgan fingerprint density at radius 2 is 2.12 bits per heavy atom. The largest absolute Gasteiger partial charge is 0.333 e. The zero-order valence-corrected chi connectivity index (χ0v) is 9.00. The second-order valence-corrected chi connectivity index (χ2v) is 3.40. The third-order valence-corrected chi connectivity index (χ3v) is 2.16. The van der Waals surface area contributed by atoms with Crippen molar-refractivity contribution in [3.63, 3.8) is 0 Å². The number of carbonyl (C=O) groups is 1. The molecule has 2 rings (SSSR count). The third-order valence-electron chi connectivity index (χ3n) is 2.16. The van der Waals surface area contributed by atoms with Crippen LogP contribution < -0.4 is 16.6 Å². The van der Waals surface area contributed by atoms with Gasteiger partial charge < -0.3 is 5.32 Å². The van der Waals surface area contributed by atoms with Gasteiger partial charge in [-0.25, -0.2) is 15.3 Å². The molecule has 0 saturated carbocycles. The van der Waals surface area contributed by atoms with E-state index in [4.69, 9.17) is 5.84 Å². The Bertz CT molecular complexity index is 478. The van der Waals surface area contributed by atoms with Crippen LogP contribution in [0.2, 0.25) is 0 Å². The summed E-state index contributed by atoms with van der Waals surface area (Å²) in [7, 11) is 0. The number of benzene rings is 1. The maximum Gasteiger partial charge on any atom is 0.333 e. The molecule has 4 N–H and O–H groups in total. The molecule has 1 aromatic heterocycles. The lowest BCUT2D eigenvalue weighted by Crippen LogP contribution is -2.34. The number of hydrogen-bond donors (Lipinski definition) is 3. The molecule has 2 amide bonds. The Hall–Kier alpha value is -2.41. The molecular formula is C10H12N6O. The van der Waals surface area contributed by atoms with Crippen LogP contribution in [0, 0.1) is 0 Å². The zero-order valence-electron chi connectivity index (χ0n) is 9.00. The number of nitrogens with two attached hydrogens (primary N) is 1. The summed E-state index contributed by atoms with van der Waals surface area (Å²) in [6.07, 6.45) is 3.41. The molecule has 0 spiro atoms. The zero-order chi connectivity index (χ0) is 12.1. The van der Waals surface area contributed by atoms with E-state index in [9.17, 15) is 4.79 Å². The first-order valence-corrected chi connectivity index (χ1v) is 4.98. The maximum absolute atomic E-state index is 11.0. The minimum atomic E-state index is -0.450. The Kier molecular flexibility index (Phi) is 3.31. The van der Waals surface area contributed by atoms with Crippen LogP contribution in [0.5, 0.6) is 0 Å². The van der Waals surface area contributed by atoms with Gasteiger partial charge in [-0.3, -0.25) is 5.43 Å². The van der Waals surface area contributed by atoms with Gasteiger partial charge in [-0.15, -0.1) is 5.10 Å². The van der Waals surface area contributed by atoms with Crippen molar-refractivity contribution < 1.29 is 4.79 Å². The molecule has 0 aliphatic carbocycles. The Morgan fingerprint density at radius 3 is 2.71 bits per heavy atom. The fraction of sp³-hybridized carbons (Fsp3) is 0.100. The first kappa shape index (κ1) is 11.1. The predicted octanol–water partition coefficient (Wildman–Crippen LogP) is 0.322. The molecule has 0 radical (unpaired) electrons. The Balaban J connectivity index is 2.00. The molecule has 1 heterocycles. The molecule has 7 nitrogen and oxygen atoms in total. The van der Waals surface area contributed by atoms with Crippen LogP contribution in [0.4, 0.5) is 10.5 Å². The first-order valence-electron chi connectivity index (χ1n) is 4.98. The SMILES string of the molecule is NNC(=O)Nc1ccc(Cn2ccnn2)cc1. The Labute approximate surface area is 97.6 Å². The molecule has 1 aromatic carbocycles. The molecule has 0 atom stereocenters. The maximum atomic E-state index is 11.0. The summed E-state index contributed by atoms with van der Waals surface area (Å²) in [5, 5.41) is 10.2. The lowest BCUT2D eigenvalue weighted by molar-refractivity contribution is 0.252. The lowest BCUT2D eigenvalue weighted by atomic mass is 10.2. The fourth-order valence-corrected chi connectivity index (χ4v) is 1.36. The number of hydrogen-bond acceptors (Lipinski definition) is 4. The molecule has 17 heavy (non-hydrogen) atoms. The van der Waals surface area contributed by atoms with E-state index < -0.39 is 6.03 Å². The van der Waals surface area contributed by atoms with Crippen molar-refractivity contribution in [1.82, 2.24) is 20.4 Å². The van der Waals surface area contributed by atoms with E-state index in [0.29, 0.717) is 12.2 Å². The summed E-state index contributed by atoms with van der Waals surface area (Å²) < 4.78 is 1.72. The molecule has 7 heteroatoms. The number of amides is 2. The van der Waals surface area contributed by atoms with Gasteiger partial charge in [0.25, 0.3) is 0 Å². The Morgan fingerprint density at radius 1 is 1.35 bits per heavy atom. The summed E-state index contributed by atoms with van der Waals surface area (Å²) in [5.41, 5.74) is 3.73. The highest BCUT2D eigenvalue weighted by Crippen LogP contribution is 2.10. The van der Waals surface area contributed by atoms with Gasteiger partial charge in [0, 0.05) is 11.9 Å². The summed E-state index contributed by atoms with van der Waals surface area (Å²) in [4.78, 5) is 11.0. The van der Waals surface area contributed by atoms with Crippen LogP contribution in [0.15, 0.2) is 36.7 Å². The van der Waals surface area contributed by atoms with Crippen molar-refractivity contribution in [3.05, 3.63) is 42.2 Å². The van der Waals surface area contributed by atoms with Crippen LogP contribution >= 0.6 is 0 Å². The van der Waals surface area contributed by atoms with Crippen LogP contribution in [0.1, 0.15) is 5.56 Å². The van der Waals surface area contributed by atoms with E-state index in [-0.39, 0.29) is 0 Å². The average Bonchev–Trinajstić information content (AvgIpc) is 2.84. The van der Waals surface area contributed by atoms with Crippen molar-refractivity contribution in [1.29, 1.82) is 0 Å². The second kappa shape index (κ2) is 5.08. The highest BCUT2D eigenvalue weighted by molar-refractivity contribution is 5.88.